The molecule has 0 rings (SSSR count). The number of carboxylic acid groups (broad SMARTS) is 2. The van der Waals surface area contributed by atoms with Gasteiger partial charge in [-0.05, 0) is 0 Å². The summed E-state index contributed by atoms with van der Waals surface area (Å²) in [4.78, 5) is 18.5. The summed E-state index contributed by atoms with van der Waals surface area (Å²) in [5.41, 5.74) is 0. The van der Waals surface area contributed by atoms with E-state index in [-0.39, 0.29) is 7.43 Å². The van der Waals surface area contributed by atoms with Crippen LogP contribution < -0.4 is 0 Å². The van der Waals surface area contributed by atoms with Crippen molar-refractivity contribution in [2.24, 2.45) is 0 Å². The topological polar surface area (TPSA) is 74.6 Å². The fourth-order valence-electron chi connectivity index (χ4n) is 0. The third kappa shape index (κ3) is 59.3. The molecule has 4 nitrogen and oxygen atoms in total. The molecule has 0 bridgehead atoms. The predicted octanol–water partition coefficient (Wildman–Crippen LogP) is 1.15. The van der Waals surface area contributed by atoms with Crippen LogP contribution in [0.2, 0.25) is 0 Å². The normalized spacial score (nSPS) is 5.82. The first-order valence-electron chi connectivity index (χ1n) is 2.25. The van der Waals surface area contributed by atoms with E-state index in [1.165, 1.54) is 0 Å². The molecule has 0 aromatic rings. The van der Waals surface area contributed by atoms with Crippen molar-refractivity contribution in [1.82, 2.24) is 0 Å². The molecule has 64 valence electrons. The maximum atomic E-state index is 9.25. The van der Waals surface area contributed by atoms with Gasteiger partial charge >= 0.3 is 11.9 Å². The van der Waals surface area contributed by atoms with Crippen LogP contribution in [0.25, 0.3) is 0 Å². The zero-order valence-corrected chi connectivity index (χ0v) is 5.28. The van der Waals surface area contributed by atoms with Crippen LogP contribution in [0.4, 0.5) is 0 Å². The molecule has 4 heteroatoms. The number of hydrogen-bond donors (Lipinski definition) is 2. The molecule has 0 saturated heterocycles. The summed E-state index contributed by atoms with van der Waals surface area (Å²) in [7, 11) is 0. The molecule has 0 amide bonds. The van der Waals surface area contributed by atoms with Gasteiger partial charge in [0, 0.05) is 12.2 Å². The second-order valence-electron chi connectivity index (χ2n) is 1.08. The average molecular weight is 160 g/mol. The Balaban J connectivity index is -0.000000107. The van der Waals surface area contributed by atoms with Crippen molar-refractivity contribution in [2.45, 2.75) is 7.43 Å². The van der Waals surface area contributed by atoms with Crippen molar-refractivity contribution in [3.8, 4) is 0 Å². The fourth-order valence-corrected chi connectivity index (χ4v) is 0. The summed E-state index contributed by atoms with van der Waals surface area (Å²) in [6.45, 7) is 5.92. The Kier molecular flexibility index (Phi) is 16.6. The minimum atomic E-state index is -0.981. The Morgan fingerprint density at radius 3 is 1.09 bits per heavy atom. The molecule has 0 atom stereocenters. The smallest absolute Gasteiger partial charge is 0.327 e. The summed E-state index contributed by atoms with van der Waals surface area (Å²) < 4.78 is 0. The van der Waals surface area contributed by atoms with E-state index in [2.05, 4.69) is 13.2 Å². The highest BCUT2D eigenvalue weighted by Crippen LogP contribution is 1.55. The van der Waals surface area contributed by atoms with Gasteiger partial charge in [0.25, 0.3) is 0 Å². The monoisotopic (exact) mass is 160 g/mol. The number of rotatable bonds is 2. The molecule has 0 aliphatic carbocycles. The molecule has 0 saturated carbocycles. The SMILES string of the molecule is C.C=CC(=O)O.C=CC(=O)O. The lowest BCUT2D eigenvalue weighted by atomic mass is 10.7. The van der Waals surface area contributed by atoms with E-state index < -0.39 is 11.9 Å². The van der Waals surface area contributed by atoms with Gasteiger partial charge in [0.15, 0.2) is 0 Å². The van der Waals surface area contributed by atoms with Crippen LogP contribution in [0, 0.1) is 0 Å². The van der Waals surface area contributed by atoms with Crippen LogP contribution in [0.1, 0.15) is 7.43 Å². The minimum absolute atomic E-state index is 0. The Bertz CT molecular complexity index is 131. The highest BCUT2D eigenvalue weighted by Gasteiger charge is 1.73. The lowest BCUT2D eigenvalue weighted by Crippen LogP contribution is -1.82. The Morgan fingerprint density at radius 1 is 1.00 bits per heavy atom. The molecular formula is C7H12O4. The van der Waals surface area contributed by atoms with Crippen LogP contribution in [-0.4, -0.2) is 22.2 Å². The van der Waals surface area contributed by atoms with E-state index in [0.29, 0.717) is 0 Å². The zero-order chi connectivity index (χ0) is 8.57. The van der Waals surface area contributed by atoms with Gasteiger partial charge in [0.1, 0.15) is 0 Å². The molecule has 0 unspecified atom stereocenters. The lowest BCUT2D eigenvalue weighted by Gasteiger charge is -1.64. The molecule has 0 aromatic carbocycles. The number of carboxylic acids is 2. The first-order chi connectivity index (χ1) is 4.54. The van der Waals surface area contributed by atoms with E-state index >= 15 is 0 Å². The Labute approximate surface area is 65.5 Å². The Hall–Kier alpha value is -1.58. The van der Waals surface area contributed by atoms with Crippen molar-refractivity contribution in [1.29, 1.82) is 0 Å². The first kappa shape index (κ1) is 16.2. The molecule has 0 aliphatic rings. The summed E-state index contributed by atoms with van der Waals surface area (Å²) in [6, 6.07) is 0. The van der Waals surface area contributed by atoms with E-state index in [9.17, 15) is 9.59 Å². The van der Waals surface area contributed by atoms with Gasteiger partial charge in [0.2, 0.25) is 0 Å². The van der Waals surface area contributed by atoms with Gasteiger partial charge in [-0.1, -0.05) is 20.6 Å². The second kappa shape index (κ2) is 11.2. The summed E-state index contributed by atoms with van der Waals surface area (Å²) in [5, 5.41) is 15.2. The second-order valence-corrected chi connectivity index (χ2v) is 1.08. The number of carbonyl (C=O) groups is 2. The molecule has 0 fully saturated rings. The van der Waals surface area contributed by atoms with Crippen LogP contribution in [0.15, 0.2) is 25.3 Å². The first-order valence-corrected chi connectivity index (χ1v) is 2.25. The molecule has 0 spiro atoms. The summed E-state index contributed by atoms with van der Waals surface area (Å²) >= 11 is 0. The number of aliphatic carboxylic acids is 2. The van der Waals surface area contributed by atoms with Gasteiger partial charge in [-0.2, -0.15) is 0 Å². The van der Waals surface area contributed by atoms with Gasteiger partial charge in [-0.25, -0.2) is 9.59 Å². The molecule has 0 aromatic heterocycles. The van der Waals surface area contributed by atoms with Crippen molar-refractivity contribution in [3.63, 3.8) is 0 Å². The molecule has 0 radical (unpaired) electrons. The van der Waals surface area contributed by atoms with Crippen molar-refractivity contribution < 1.29 is 19.8 Å². The zero-order valence-electron chi connectivity index (χ0n) is 5.28. The molecule has 0 heterocycles. The molecule has 0 aliphatic heterocycles. The third-order valence-corrected chi connectivity index (χ3v) is 0.349. The Morgan fingerprint density at radius 2 is 1.09 bits per heavy atom. The van der Waals surface area contributed by atoms with E-state index in [1.54, 1.807) is 0 Å². The van der Waals surface area contributed by atoms with Gasteiger partial charge < -0.3 is 10.2 Å². The molecule has 2 N–H and O–H groups in total. The van der Waals surface area contributed by atoms with Crippen molar-refractivity contribution >= 4 is 11.9 Å². The van der Waals surface area contributed by atoms with Crippen molar-refractivity contribution in [3.05, 3.63) is 25.3 Å². The summed E-state index contributed by atoms with van der Waals surface area (Å²) in [5.74, 6) is -1.96. The maximum Gasteiger partial charge on any atom is 0.327 e. The van der Waals surface area contributed by atoms with Gasteiger partial charge in [0.05, 0.1) is 0 Å². The standard InChI is InChI=1S/2C3H4O2.CH4/c2*1-2-3(4)5;/h2*2H,1H2,(H,4,5);1H4. The lowest BCUT2D eigenvalue weighted by molar-refractivity contribution is -0.132. The number of hydrogen-bond acceptors (Lipinski definition) is 2. The minimum Gasteiger partial charge on any atom is -0.478 e. The highest BCUT2D eigenvalue weighted by atomic mass is 16.4. The average Bonchev–Trinajstić information content (AvgIpc) is 1.89. The van der Waals surface area contributed by atoms with Gasteiger partial charge in [-0.3, -0.25) is 0 Å². The van der Waals surface area contributed by atoms with E-state index in [0.717, 1.165) is 12.2 Å². The van der Waals surface area contributed by atoms with Crippen LogP contribution in [0.3, 0.4) is 0 Å². The van der Waals surface area contributed by atoms with Crippen LogP contribution >= 0.6 is 0 Å². The molecule has 11 heavy (non-hydrogen) atoms. The van der Waals surface area contributed by atoms with Gasteiger partial charge in [-0.15, -0.1) is 0 Å². The van der Waals surface area contributed by atoms with Crippen LogP contribution in [-0.2, 0) is 9.59 Å². The van der Waals surface area contributed by atoms with E-state index in [1.807, 2.05) is 0 Å². The third-order valence-electron chi connectivity index (χ3n) is 0.349. The fraction of sp³-hybridized carbons (Fsp3) is 0.143. The van der Waals surface area contributed by atoms with Crippen LogP contribution in [0.5, 0.6) is 0 Å². The maximum absolute atomic E-state index is 9.25. The van der Waals surface area contributed by atoms with E-state index in [4.69, 9.17) is 10.2 Å². The summed E-state index contributed by atoms with van der Waals surface area (Å²) in [6.07, 6.45) is 1.67. The highest BCUT2D eigenvalue weighted by molar-refractivity contribution is 5.79. The molecular weight excluding hydrogens is 148 g/mol. The predicted molar refractivity (Wildman–Crippen MR) is 42.4 cm³/mol. The van der Waals surface area contributed by atoms with Crippen molar-refractivity contribution in [2.75, 3.05) is 0 Å². The largest absolute Gasteiger partial charge is 0.478 e. The quantitative estimate of drug-likeness (QED) is 0.594.